The topological polar surface area (TPSA) is 79.9 Å². The molecule has 2 amide bonds. The number of hydrogen-bond donors (Lipinski definition) is 2. The Bertz CT molecular complexity index is 832. The molecule has 154 valence electrons. The number of aryl methyl sites for hydroxylation is 1. The van der Waals surface area contributed by atoms with Crippen molar-refractivity contribution in [2.24, 2.45) is 0 Å². The molecule has 0 bridgehead atoms. The number of morpholine rings is 1. The molecule has 1 fully saturated rings. The van der Waals surface area contributed by atoms with Crippen LogP contribution in [0.4, 0.5) is 5.69 Å². The molecule has 2 N–H and O–H groups in total. The fourth-order valence-electron chi connectivity index (χ4n) is 3.35. The summed E-state index contributed by atoms with van der Waals surface area (Å²) in [5, 5.41) is 5.42. The number of amides is 2. The zero-order valence-electron chi connectivity index (χ0n) is 16.8. The molecule has 3 rings (SSSR count). The summed E-state index contributed by atoms with van der Waals surface area (Å²) in [7, 11) is 1.63. The van der Waals surface area contributed by atoms with E-state index in [1.165, 1.54) is 0 Å². The van der Waals surface area contributed by atoms with E-state index in [0.717, 1.165) is 30.0 Å². The first-order chi connectivity index (χ1) is 14.1. The molecule has 7 nitrogen and oxygen atoms in total. The summed E-state index contributed by atoms with van der Waals surface area (Å²) in [6.45, 7) is 5.08. The van der Waals surface area contributed by atoms with E-state index < -0.39 is 11.8 Å². The van der Waals surface area contributed by atoms with Gasteiger partial charge in [-0.3, -0.25) is 14.5 Å². The number of anilines is 1. The smallest absolute Gasteiger partial charge is 0.313 e. The van der Waals surface area contributed by atoms with Gasteiger partial charge in [0.25, 0.3) is 0 Å². The quantitative estimate of drug-likeness (QED) is 0.730. The van der Waals surface area contributed by atoms with Crippen molar-refractivity contribution in [2.75, 3.05) is 45.3 Å². The summed E-state index contributed by atoms with van der Waals surface area (Å²) in [5.74, 6) is -0.555. The molecule has 7 heteroatoms. The number of hydrogen-bond acceptors (Lipinski definition) is 5. The third kappa shape index (κ3) is 5.79. The molecule has 1 saturated heterocycles. The van der Waals surface area contributed by atoms with Crippen LogP contribution in [-0.2, 0) is 14.3 Å². The first kappa shape index (κ1) is 20.8. The average molecular weight is 397 g/mol. The molecule has 1 unspecified atom stereocenters. The fourth-order valence-corrected chi connectivity index (χ4v) is 3.35. The third-order valence-electron chi connectivity index (χ3n) is 4.93. The number of methoxy groups -OCH3 is 1. The highest BCUT2D eigenvalue weighted by molar-refractivity contribution is 6.39. The van der Waals surface area contributed by atoms with Gasteiger partial charge in [0.2, 0.25) is 0 Å². The second-order valence-electron chi connectivity index (χ2n) is 6.97. The maximum Gasteiger partial charge on any atom is 0.313 e. The molecule has 2 aromatic carbocycles. The number of nitrogens with one attached hydrogen (secondary N) is 2. The predicted molar refractivity (Wildman–Crippen MR) is 111 cm³/mol. The lowest BCUT2D eigenvalue weighted by molar-refractivity contribution is -0.136. The Morgan fingerprint density at radius 2 is 1.83 bits per heavy atom. The SMILES string of the molecule is COc1ccc(C(CNC(=O)C(=O)Nc2cccc(C)c2)N2CCOCC2)cc1. The van der Waals surface area contributed by atoms with Crippen LogP contribution >= 0.6 is 0 Å². The van der Waals surface area contributed by atoms with E-state index in [1.807, 2.05) is 49.4 Å². The molecule has 29 heavy (non-hydrogen) atoms. The van der Waals surface area contributed by atoms with Crippen LogP contribution in [0, 0.1) is 6.92 Å². The molecule has 0 aliphatic carbocycles. The van der Waals surface area contributed by atoms with Gasteiger partial charge in [-0.05, 0) is 42.3 Å². The van der Waals surface area contributed by atoms with Crippen molar-refractivity contribution in [3.63, 3.8) is 0 Å². The summed E-state index contributed by atoms with van der Waals surface area (Å²) in [5.41, 5.74) is 2.66. The molecule has 0 aromatic heterocycles. The molecule has 0 spiro atoms. The second-order valence-corrected chi connectivity index (χ2v) is 6.97. The number of rotatable bonds is 6. The van der Waals surface area contributed by atoms with E-state index in [9.17, 15) is 9.59 Å². The highest BCUT2D eigenvalue weighted by Gasteiger charge is 2.24. The summed E-state index contributed by atoms with van der Waals surface area (Å²) in [6.07, 6.45) is 0. The number of nitrogens with zero attached hydrogens (tertiary/aromatic N) is 1. The molecule has 1 atom stereocenters. The van der Waals surface area contributed by atoms with E-state index in [0.29, 0.717) is 25.4 Å². The first-order valence-electron chi connectivity index (χ1n) is 9.68. The van der Waals surface area contributed by atoms with Crippen molar-refractivity contribution in [1.82, 2.24) is 10.2 Å². The van der Waals surface area contributed by atoms with Crippen molar-refractivity contribution >= 4 is 17.5 Å². The summed E-state index contributed by atoms with van der Waals surface area (Å²) in [4.78, 5) is 26.9. The second kappa shape index (κ2) is 10.0. The van der Waals surface area contributed by atoms with Gasteiger partial charge < -0.3 is 20.1 Å². The van der Waals surface area contributed by atoms with Crippen molar-refractivity contribution < 1.29 is 19.1 Å². The largest absolute Gasteiger partial charge is 0.497 e. The first-order valence-corrected chi connectivity index (χ1v) is 9.68. The van der Waals surface area contributed by atoms with Crippen molar-refractivity contribution in [1.29, 1.82) is 0 Å². The number of carbonyl (C=O) groups is 2. The molecule has 1 aliphatic heterocycles. The number of ether oxygens (including phenoxy) is 2. The Labute approximate surface area is 171 Å². The summed E-state index contributed by atoms with van der Waals surface area (Å²) in [6, 6.07) is 15.0. The van der Waals surface area contributed by atoms with Crippen LogP contribution in [0.15, 0.2) is 48.5 Å². The van der Waals surface area contributed by atoms with E-state index in [1.54, 1.807) is 13.2 Å². The fraction of sp³-hybridized carbons (Fsp3) is 0.364. The third-order valence-corrected chi connectivity index (χ3v) is 4.93. The van der Waals surface area contributed by atoms with Crippen LogP contribution < -0.4 is 15.4 Å². The van der Waals surface area contributed by atoms with E-state index in [4.69, 9.17) is 9.47 Å². The molecule has 0 saturated carbocycles. The van der Waals surface area contributed by atoms with Gasteiger partial charge in [0.1, 0.15) is 5.75 Å². The van der Waals surface area contributed by atoms with Gasteiger partial charge in [0, 0.05) is 25.3 Å². The Morgan fingerprint density at radius 3 is 2.48 bits per heavy atom. The van der Waals surface area contributed by atoms with Gasteiger partial charge in [-0.15, -0.1) is 0 Å². The van der Waals surface area contributed by atoms with Crippen LogP contribution in [0.5, 0.6) is 5.75 Å². The van der Waals surface area contributed by atoms with E-state index in [2.05, 4.69) is 15.5 Å². The minimum Gasteiger partial charge on any atom is -0.497 e. The molecule has 1 heterocycles. The lowest BCUT2D eigenvalue weighted by Crippen LogP contribution is -2.45. The average Bonchev–Trinajstić information content (AvgIpc) is 2.75. The van der Waals surface area contributed by atoms with Gasteiger partial charge in [0.15, 0.2) is 0 Å². The van der Waals surface area contributed by atoms with Crippen molar-refractivity contribution in [2.45, 2.75) is 13.0 Å². The van der Waals surface area contributed by atoms with Crippen LogP contribution in [0.1, 0.15) is 17.2 Å². The Kier molecular flexibility index (Phi) is 7.21. The summed E-state index contributed by atoms with van der Waals surface area (Å²) < 4.78 is 10.7. The highest BCUT2D eigenvalue weighted by atomic mass is 16.5. The van der Waals surface area contributed by atoms with Gasteiger partial charge in [0.05, 0.1) is 26.4 Å². The van der Waals surface area contributed by atoms with Crippen LogP contribution in [0.25, 0.3) is 0 Å². The van der Waals surface area contributed by atoms with E-state index in [-0.39, 0.29) is 6.04 Å². The standard InChI is InChI=1S/C22H27N3O4/c1-16-4-3-5-18(14-16)24-22(27)21(26)23-15-20(25-10-12-29-13-11-25)17-6-8-19(28-2)9-7-17/h3-9,14,20H,10-13,15H2,1-2H3,(H,23,26)(H,24,27). The molecular weight excluding hydrogens is 370 g/mol. The monoisotopic (exact) mass is 397 g/mol. The lowest BCUT2D eigenvalue weighted by atomic mass is 10.0. The maximum atomic E-state index is 12.4. The molecule has 0 radical (unpaired) electrons. The normalized spacial score (nSPS) is 15.4. The van der Waals surface area contributed by atoms with Gasteiger partial charge >= 0.3 is 11.8 Å². The van der Waals surface area contributed by atoms with Crippen molar-refractivity contribution in [3.8, 4) is 5.75 Å². The Morgan fingerprint density at radius 1 is 1.10 bits per heavy atom. The molecular formula is C22H27N3O4. The minimum atomic E-state index is -0.675. The molecule has 2 aromatic rings. The number of benzene rings is 2. The number of carbonyl (C=O) groups excluding carboxylic acids is 2. The maximum absolute atomic E-state index is 12.4. The van der Waals surface area contributed by atoms with Crippen LogP contribution in [0.3, 0.4) is 0 Å². The molecule has 1 aliphatic rings. The highest BCUT2D eigenvalue weighted by Crippen LogP contribution is 2.23. The van der Waals surface area contributed by atoms with Crippen LogP contribution in [0.2, 0.25) is 0 Å². The van der Waals surface area contributed by atoms with E-state index >= 15 is 0 Å². The van der Waals surface area contributed by atoms with Crippen LogP contribution in [-0.4, -0.2) is 56.7 Å². The zero-order valence-corrected chi connectivity index (χ0v) is 16.8. The Balaban J connectivity index is 1.65. The lowest BCUT2D eigenvalue weighted by Gasteiger charge is -2.34. The zero-order chi connectivity index (χ0) is 20.6. The Hall–Kier alpha value is -2.90. The van der Waals surface area contributed by atoms with Gasteiger partial charge in [-0.2, -0.15) is 0 Å². The van der Waals surface area contributed by atoms with Crippen molar-refractivity contribution in [3.05, 3.63) is 59.7 Å². The van der Waals surface area contributed by atoms with Gasteiger partial charge in [-0.25, -0.2) is 0 Å². The van der Waals surface area contributed by atoms with Gasteiger partial charge in [-0.1, -0.05) is 24.3 Å². The summed E-state index contributed by atoms with van der Waals surface area (Å²) >= 11 is 0. The minimum absolute atomic E-state index is 0.0551. The predicted octanol–water partition coefficient (Wildman–Crippen LogP) is 2.13.